The molecule has 0 amide bonds. The molecule has 2 aromatic heterocycles. The van der Waals surface area contributed by atoms with E-state index in [4.69, 9.17) is 0 Å². The number of rotatable bonds is 2. The fourth-order valence-electron chi connectivity index (χ4n) is 3.97. The van der Waals surface area contributed by atoms with E-state index in [0.29, 0.717) is 0 Å². The van der Waals surface area contributed by atoms with E-state index >= 15 is 0 Å². The lowest BCUT2D eigenvalue weighted by Gasteiger charge is -2.22. The quantitative estimate of drug-likeness (QED) is 0.260. The summed E-state index contributed by atoms with van der Waals surface area (Å²) in [5, 5.41) is 2.30. The maximum Gasteiger partial charge on any atom is 0.0964 e. The molecule has 0 N–H and O–H groups in total. The summed E-state index contributed by atoms with van der Waals surface area (Å²) in [4.78, 5) is 9.05. The molecule has 2 aliphatic rings. The average molecular weight is 435 g/mol. The lowest BCUT2D eigenvalue weighted by Crippen LogP contribution is -2.14. The molecule has 0 fully saturated rings. The van der Waals surface area contributed by atoms with Crippen LogP contribution in [0.2, 0.25) is 0 Å². The maximum absolute atomic E-state index is 4.61. The van der Waals surface area contributed by atoms with Crippen LogP contribution in [0.5, 0.6) is 0 Å². The van der Waals surface area contributed by atoms with Crippen molar-refractivity contribution in [1.29, 1.82) is 0 Å². The lowest BCUT2D eigenvalue weighted by atomic mass is 9.83. The molecule has 2 nitrogen and oxygen atoms in total. The third-order valence-electron chi connectivity index (χ3n) is 6.72. The topological polar surface area (TPSA) is 25.8 Å². The Balaban J connectivity index is 0.000000160. The second-order valence-corrected chi connectivity index (χ2v) is 10.5. The van der Waals surface area contributed by atoms with Gasteiger partial charge >= 0.3 is 0 Å². The van der Waals surface area contributed by atoms with Crippen LogP contribution >= 0.6 is 0 Å². The maximum atomic E-state index is 4.61. The summed E-state index contributed by atoms with van der Waals surface area (Å²) < 4.78 is 0. The Morgan fingerprint density at radius 2 is 1.27 bits per heavy atom. The molecule has 3 aromatic rings. The van der Waals surface area contributed by atoms with E-state index in [1.807, 2.05) is 18.5 Å². The van der Waals surface area contributed by atoms with Gasteiger partial charge in [-0.2, -0.15) is 0 Å². The van der Waals surface area contributed by atoms with Gasteiger partial charge in [0.15, 0.2) is 0 Å². The molecule has 5 rings (SSSR count). The molecular weight excluding hydrogens is 400 g/mol. The first kappa shape index (κ1) is 22.9. The molecule has 0 aliphatic heterocycles. The first-order valence-electron chi connectivity index (χ1n) is 11.8. The van der Waals surface area contributed by atoms with Crippen LogP contribution in [0.3, 0.4) is 0 Å². The minimum Gasteiger partial charge on any atom is -0.254 e. The number of fused-ring (bicyclic) bond motifs is 4. The number of hydrogen-bond donors (Lipinski definition) is 0. The first-order chi connectivity index (χ1) is 15.7. The standard InChI is InChI=1S/C16H16N2.C15H18/c1-16(2,3)13-9-12-7-6-11-5-4-8-17-14(11)15(12)18-10-13;1-4-15(2,3)14-10-8-12-6-5-7-13(12)9-11-14/h4-10H,1-3H3;5-11H,4H2,1-3H3. The highest BCUT2D eigenvalue weighted by Gasteiger charge is 2.17. The van der Waals surface area contributed by atoms with Gasteiger partial charge in [-0.15, -0.1) is 0 Å². The Kier molecular flexibility index (Phi) is 6.21. The number of pyridine rings is 2. The van der Waals surface area contributed by atoms with Crippen molar-refractivity contribution in [3.63, 3.8) is 0 Å². The molecule has 0 bridgehead atoms. The molecule has 2 aliphatic carbocycles. The van der Waals surface area contributed by atoms with Crippen molar-refractivity contribution in [1.82, 2.24) is 9.97 Å². The van der Waals surface area contributed by atoms with Crippen LogP contribution in [-0.2, 0) is 10.8 Å². The second-order valence-electron chi connectivity index (χ2n) is 10.5. The minimum absolute atomic E-state index is 0.125. The highest BCUT2D eigenvalue weighted by molar-refractivity contribution is 6.02. The normalized spacial score (nSPS) is 12.1. The first-order valence-corrected chi connectivity index (χ1v) is 11.8. The fraction of sp³-hybridized carbons (Fsp3) is 0.290. The molecule has 2 heterocycles. The zero-order valence-corrected chi connectivity index (χ0v) is 20.7. The van der Waals surface area contributed by atoms with Gasteiger partial charge in [-0.05, 0) is 51.6 Å². The van der Waals surface area contributed by atoms with Crippen molar-refractivity contribution >= 4 is 21.8 Å². The van der Waals surface area contributed by atoms with Crippen LogP contribution < -0.4 is 0 Å². The predicted octanol–water partition coefficient (Wildman–Crippen LogP) is 8.56. The fourth-order valence-corrected chi connectivity index (χ4v) is 3.97. The summed E-state index contributed by atoms with van der Waals surface area (Å²) in [5.74, 6) is 0. The van der Waals surface area contributed by atoms with E-state index < -0.39 is 0 Å². The number of aromatic nitrogens is 2. The Morgan fingerprint density at radius 1 is 0.636 bits per heavy atom. The average Bonchev–Trinajstić information content (AvgIpc) is 3.15. The van der Waals surface area contributed by atoms with Crippen LogP contribution in [0, 0.1) is 0 Å². The number of benzene rings is 1. The summed E-state index contributed by atoms with van der Waals surface area (Å²) in [6.07, 6.45) is 4.96. The monoisotopic (exact) mass is 434 g/mol. The molecule has 168 valence electrons. The zero-order valence-electron chi connectivity index (χ0n) is 20.7. The van der Waals surface area contributed by atoms with Gasteiger partial charge in [0.25, 0.3) is 0 Å². The van der Waals surface area contributed by atoms with Gasteiger partial charge < -0.3 is 0 Å². The predicted molar refractivity (Wildman–Crippen MR) is 142 cm³/mol. The van der Waals surface area contributed by atoms with Gasteiger partial charge in [0.1, 0.15) is 0 Å². The van der Waals surface area contributed by atoms with Crippen LogP contribution in [0.25, 0.3) is 32.9 Å². The number of hydrogen-bond acceptors (Lipinski definition) is 2. The van der Waals surface area contributed by atoms with Crippen LogP contribution in [0.15, 0.2) is 85.2 Å². The zero-order chi connectivity index (χ0) is 23.6. The molecule has 2 heteroatoms. The molecule has 33 heavy (non-hydrogen) atoms. The lowest BCUT2D eigenvalue weighted by molar-refractivity contribution is 0.507. The molecule has 0 radical (unpaired) electrons. The summed E-state index contributed by atoms with van der Waals surface area (Å²) in [5.41, 5.74) is 7.70. The van der Waals surface area contributed by atoms with E-state index in [-0.39, 0.29) is 10.8 Å². The molecule has 1 aromatic carbocycles. The van der Waals surface area contributed by atoms with E-state index in [1.165, 1.54) is 28.7 Å². The van der Waals surface area contributed by atoms with Gasteiger partial charge in [-0.1, -0.05) is 102 Å². The molecule has 0 saturated heterocycles. The largest absolute Gasteiger partial charge is 0.254 e. The molecule has 0 unspecified atom stereocenters. The summed E-state index contributed by atoms with van der Waals surface area (Å²) in [6, 6.07) is 25.9. The smallest absolute Gasteiger partial charge is 0.0964 e. The Hall–Kier alpha value is -3.26. The molecule has 0 atom stereocenters. The minimum atomic E-state index is 0.125. The van der Waals surface area contributed by atoms with Gasteiger partial charge in [0.05, 0.1) is 11.0 Å². The molecule has 0 spiro atoms. The van der Waals surface area contributed by atoms with Gasteiger partial charge in [-0.25, -0.2) is 0 Å². The van der Waals surface area contributed by atoms with Gasteiger partial charge in [-0.3, -0.25) is 9.97 Å². The molecule has 0 saturated carbocycles. The third kappa shape index (κ3) is 4.90. The molecular formula is C31H34N2. The van der Waals surface area contributed by atoms with E-state index in [9.17, 15) is 0 Å². The van der Waals surface area contributed by atoms with Gasteiger partial charge in [0, 0.05) is 23.2 Å². The highest BCUT2D eigenvalue weighted by atomic mass is 14.7. The van der Waals surface area contributed by atoms with Crippen molar-refractivity contribution in [3.05, 3.63) is 96.3 Å². The van der Waals surface area contributed by atoms with Crippen molar-refractivity contribution in [2.45, 2.75) is 58.8 Å². The number of nitrogens with zero attached hydrogens (tertiary/aromatic N) is 2. The van der Waals surface area contributed by atoms with Crippen LogP contribution in [0.4, 0.5) is 0 Å². The van der Waals surface area contributed by atoms with E-state index in [1.54, 1.807) is 0 Å². The Morgan fingerprint density at radius 3 is 1.91 bits per heavy atom. The van der Waals surface area contributed by atoms with Gasteiger partial charge in [0.2, 0.25) is 0 Å². The van der Waals surface area contributed by atoms with E-state index in [0.717, 1.165) is 21.8 Å². The van der Waals surface area contributed by atoms with Crippen LogP contribution in [-0.4, -0.2) is 9.97 Å². The summed E-state index contributed by atoms with van der Waals surface area (Å²) in [7, 11) is 0. The summed E-state index contributed by atoms with van der Waals surface area (Å²) >= 11 is 0. The van der Waals surface area contributed by atoms with Crippen molar-refractivity contribution in [3.8, 4) is 11.1 Å². The second kappa shape index (κ2) is 8.94. The highest BCUT2D eigenvalue weighted by Crippen LogP contribution is 2.30. The Bertz CT molecular complexity index is 1330. The summed E-state index contributed by atoms with van der Waals surface area (Å²) in [6.45, 7) is 13.5. The van der Waals surface area contributed by atoms with Crippen molar-refractivity contribution < 1.29 is 0 Å². The van der Waals surface area contributed by atoms with E-state index in [2.05, 4.69) is 118 Å². The Labute approximate surface area is 198 Å². The van der Waals surface area contributed by atoms with Crippen molar-refractivity contribution in [2.75, 3.05) is 0 Å². The van der Waals surface area contributed by atoms with Crippen molar-refractivity contribution in [2.24, 2.45) is 0 Å². The van der Waals surface area contributed by atoms with Crippen LogP contribution in [0.1, 0.15) is 59.1 Å². The third-order valence-corrected chi connectivity index (χ3v) is 6.72. The SMILES string of the molecule is CC(C)(C)c1cnc2c(ccc3cccnc32)c1.CCC(C)(C)c1ccc2cccc-2cc1.